The van der Waals surface area contributed by atoms with Gasteiger partial charge in [-0.3, -0.25) is 0 Å². The molecule has 1 aliphatic heterocycles. The topological polar surface area (TPSA) is 9.23 Å². The first-order valence-corrected chi connectivity index (χ1v) is 15.0. The van der Waals surface area contributed by atoms with Crippen molar-refractivity contribution in [2.45, 2.75) is 0 Å². The maximum Gasteiger partial charge on any atom is 0.135 e. The zero-order chi connectivity index (χ0) is 34.7. The molecule has 0 unspecified atom stereocenters. The molecular formula is C44H26O. The predicted molar refractivity (Wildman–Crippen MR) is 189 cm³/mol. The Bertz CT molecular complexity index is 2930. The van der Waals surface area contributed by atoms with Gasteiger partial charge in [-0.2, -0.15) is 0 Å². The molecule has 0 aliphatic carbocycles. The third-order valence-electron chi connectivity index (χ3n) is 9.14. The number of benzene rings is 9. The molecule has 0 bridgehead atoms. The molecule has 0 spiro atoms. The molecule has 0 radical (unpaired) electrons. The van der Waals surface area contributed by atoms with E-state index in [2.05, 4.69) is 84.9 Å². The van der Waals surface area contributed by atoms with Crippen molar-refractivity contribution < 1.29 is 13.0 Å². The van der Waals surface area contributed by atoms with Gasteiger partial charge in [0, 0.05) is 10.9 Å². The van der Waals surface area contributed by atoms with E-state index in [4.69, 9.17) is 13.0 Å². The van der Waals surface area contributed by atoms with Crippen molar-refractivity contribution in [1.82, 2.24) is 0 Å². The second-order valence-corrected chi connectivity index (χ2v) is 11.7. The highest BCUT2D eigenvalue weighted by atomic mass is 16.5. The number of ether oxygens (including phenoxy) is 1. The Morgan fingerprint density at radius 1 is 0.378 bits per heavy atom. The number of fused-ring (bicyclic) bond motifs is 2. The van der Waals surface area contributed by atoms with Gasteiger partial charge in [-0.1, -0.05) is 121 Å². The molecule has 208 valence electrons. The van der Waals surface area contributed by atoms with Crippen LogP contribution in [0.3, 0.4) is 0 Å². The van der Waals surface area contributed by atoms with E-state index in [0.717, 1.165) is 33.4 Å². The van der Waals surface area contributed by atoms with Crippen LogP contribution in [0.15, 0.2) is 158 Å². The van der Waals surface area contributed by atoms with Crippen LogP contribution in [0.1, 0.15) is 8.22 Å². The Kier molecular flexibility index (Phi) is 4.00. The summed E-state index contributed by atoms with van der Waals surface area (Å²) in [6.07, 6.45) is 0. The van der Waals surface area contributed by atoms with Crippen LogP contribution in [0.5, 0.6) is 11.5 Å². The van der Waals surface area contributed by atoms with E-state index in [0.29, 0.717) is 16.9 Å². The molecule has 1 aliphatic rings. The fraction of sp³-hybridized carbons (Fsp3) is 0. The third kappa shape index (κ3) is 3.68. The van der Waals surface area contributed by atoms with Crippen molar-refractivity contribution in [1.29, 1.82) is 0 Å². The maximum atomic E-state index is 8.98. The lowest BCUT2D eigenvalue weighted by Crippen LogP contribution is -1.97. The Morgan fingerprint density at radius 2 is 1.09 bits per heavy atom. The Hall–Kier alpha value is -5.92. The average molecular weight is 577 g/mol. The van der Waals surface area contributed by atoms with Crippen molar-refractivity contribution in [2.24, 2.45) is 0 Å². The van der Waals surface area contributed by atoms with Gasteiger partial charge >= 0.3 is 0 Å². The highest BCUT2D eigenvalue weighted by Gasteiger charge is 2.21. The van der Waals surface area contributed by atoms with Crippen LogP contribution in [-0.2, 0) is 0 Å². The zero-order valence-corrected chi connectivity index (χ0v) is 24.0. The van der Waals surface area contributed by atoms with E-state index >= 15 is 0 Å². The monoisotopic (exact) mass is 576 g/mol. The fourth-order valence-corrected chi connectivity index (χ4v) is 7.06. The minimum absolute atomic E-state index is 0.0469. The summed E-state index contributed by atoms with van der Waals surface area (Å²) >= 11 is 0. The average Bonchev–Trinajstić information content (AvgIpc) is 3.17. The molecule has 1 nitrogen and oxygen atoms in total. The molecule has 0 aromatic heterocycles. The van der Waals surface area contributed by atoms with Gasteiger partial charge in [0.05, 0.1) is 8.22 Å². The number of hydrogen-bond donors (Lipinski definition) is 0. The molecule has 9 aromatic rings. The molecule has 1 heterocycles. The number of hydrogen-bond acceptors (Lipinski definition) is 1. The molecule has 45 heavy (non-hydrogen) atoms. The van der Waals surface area contributed by atoms with Crippen LogP contribution >= 0.6 is 0 Å². The third-order valence-corrected chi connectivity index (χ3v) is 9.14. The smallest absolute Gasteiger partial charge is 0.135 e. The summed E-state index contributed by atoms with van der Waals surface area (Å²) in [6, 6.07) is 40.4. The van der Waals surface area contributed by atoms with Gasteiger partial charge in [-0.15, -0.1) is 0 Å². The van der Waals surface area contributed by atoms with E-state index in [-0.39, 0.29) is 52.8 Å². The Morgan fingerprint density at radius 3 is 1.93 bits per heavy atom. The lowest BCUT2D eigenvalue weighted by atomic mass is 9.87. The molecule has 9 aromatic carbocycles. The molecular weight excluding hydrogens is 544 g/mol. The Balaban J connectivity index is 1.23. The molecule has 0 fully saturated rings. The first-order valence-electron chi connectivity index (χ1n) is 18.0. The van der Waals surface area contributed by atoms with Crippen LogP contribution in [0, 0.1) is 0 Å². The minimum atomic E-state index is -0.369. The summed E-state index contributed by atoms with van der Waals surface area (Å²) in [7, 11) is 0. The van der Waals surface area contributed by atoms with Crippen LogP contribution in [0.25, 0.3) is 87.6 Å². The molecule has 0 atom stereocenters. The van der Waals surface area contributed by atoms with Gasteiger partial charge in [-0.05, 0) is 113 Å². The van der Waals surface area contributed by atoms with Gasteiger partial charge in [0.15, 0.2) is 0 Å². The molecule has 0 saturated heterocycles. The van der Waals surface area contributed by atoms with Gasteiger partial charge < -0.3 is 4.74 Å². The van der Waals surface area contributed by atoms with E-state index in [9.17, 15) is 0 Å². The maximum absolute atomic E-state index is 8.98. The number of rotatable bonds is 3. The van der Waals surface area contributed by atoms with Crippen molar-refractivity contribution in [3.63, 3.8) is 0 Å². The normalized spacial score (nSPS) is 14.0. The van der Waals surface area contributed by atoms with Crippen LogP contribution < -0.4 is 4.74 Å². The second kappa shape index (κ2) is 9.29. The van der Waals surface area contributed by atoms with Crippen molar-refractivity contribution >= 4 is 43.1 Å². The second-order valence-electron chi connectivity index (χ2n) is 11.7. The molecule has 10 rings (SSSR count). The quantitative estimate of drug-likeness (QED) is 0.190. The molecule has 0 amide bonds. The highest BCUT2D eigenvalue weighted by molar-refractivity contribution is 6.25. The SMILES string of the molecule is [2H]c1c([2H])c2c3c(c([2H])c([2H])c([2H])c3c1[2H])-c1cc(-c3cc(-c4ccccc4)cc(-c4ccc5ccc6cccc7ccc4c5c67)c3)ccc1O2. The summed E-state index contributed by atoms with van der Waals surface area (Å²) in [6.45, 7) is 0. The van der Waals surface area contributed by atoms with Crippen LogP contribution in [0.2, 0.25) is 0 Å². The van der Waals surface area contributed by atoms with Gasteiger partial charge in [0.2, 0.25) is 0 Å². The minimum Gasteiger partial charge on any atom is -0.456 e. The Labute approximate surface area is 269 Å². The summed E-state index contributed by atoms with van der Waals surface area (Å²) in [5.74, 6) is 0.445. The zero-order valence-electron chi connectivity index (χ0n) is 30.0. The summed E-state index contributed by atoms with van der Waals surface area (Å²) in [5, 5.41) is 7.63. The van der Waals surface area contributed by atoms with Crippen molar-refractivity contribution in [3.8, 4) is 56.0 Å². The first kappa shape index (κ1) is 19.4. The standard InChI is InChI=1S/C44H26O/c1-2-7-27(8-3-1)33-23-34(32-19-22-40-39(26-32)37-13-5-11-28-12-6-14-41(45-40)43(28)37)25-35(24-33)36-20-17-31-16-15-29-9-4-10-30-18-21-38(36)44(31)42(29)30/h1-26H/i5D,6D,11D,12D,13D,14D. The van der Waals surface area contributed by atoms with Gasteiger partial charge in [-0.25, -0.2) is 0 Å². The molecule has 0 saturated carbocycles. The first-order chi connectivity index (χ1) is 24.8. The molecule has 1 heteroatoms. The van der Waals surface area contributed by atoms with Gasteiger partial charge in [0.1, 0.15) is 11.5 Å². The summed E-state index contributed by atoms with van der Waals surface area (Å²) in [5.41, 5.74) is 7.00. The predicted octanol–water partition coefficient (Wildman–Crippen LogP) is 12.5. The summed E-state index contributed by atoms with van der Waals surface area (Å²) in [4.78, 5) is 0. The lowest BCUT2D eigenvalue weighted by Gasteiger charge is -2.22. The lowest BCUT2D eigenvalue weighted by molar-refractivity contribution is 0.487. The van der Waals surface area contributed by atoms with E-state index in [1.165, 1.54) is 32.3 Å². The highest BCUT2D eigenvalue weighted by Crippen LogP contribution is 2.48. The molecule has 0 N–H and O–H groups in total. The van der Waals surface area contributed by atoms with Gasteiger partial charge in [0.25, 0.3) is 0 Å². The van der Waals surface area contributed by atoms with E-state index in [1.807, 2.05) is 30.3 Å². The van der Waals surface area contributed by atoms with Crippen LogP contribution in [-0.4, -0.2) is 0 Å². The fourth-order valence-electron chi connectivity index (χ4n) is 7.06. The van der Waals surface area contributed by atoms with Crippen LogP contribution in [0.4, 0.5) is 0 Å². The van der Waals surface area contributed by atoms with E-state index < -0.39 is 0 Å². The largest absolute Gasteiger partial charge is 0.456 e. The summed E-state index contributed by atoms with van der Waals surface area (Å²) < 4.78 is 58.0. The van der Waals surface area contributed by atoms with Crippen molar-refractivity contribution in [2.75, 3.05) is 0 Å². The van der Waals surface area contributed by atoms with E-state index in [1.54, 1.807) is 6.07 Å². The van der Waals surface area contributed by atoms with Crippen molar-refractivity contribution in [3.05, 3.63) is 158 Å².